The summed E-state index contributed by atoms with van der Waals surface area (Å²) in [6, 6.07) is 11.4. The number of hydrogen-bond acceptors (Lipinski definition) is 7. The van der Waals surface area contributed by atoms with Crippen molar-refractivity contribution in [1.82, 2.24) is 8.87 Å². The number of ether oxygens (including phenoxy) is 2. The first kappa shape index (κ1) is 27.0. The highest BCUT2D eigenvalue weighted by atomic mass is 32.2. The summed E-state index contributed by atoms with van der Waals surface area (Å²) in [5, 5.41) is 0. The fourth-order valence-electron chi connectivity index (χ4n) is 4.29. The monoisotopic (exact) mass is 545 g/mol. The Morgan fingerprint density at radius 2 is 1.68 bits per heavy atom. The van der Waals surface area contributed by atoms with Crippen LogP contribution in [0.4, 0.5) is 0 Å². The normalized spacial score (nSPS) is 15.5. The van der Waals surface area contributed by atoms with E-state index < -0.39 is 21.9 Å². The Labute approximate surface area is 220 Å². The van der Waals surface area contributed by atoms with Crippen molar-refractivity contribution in [3.8, 4) is 5.75 Å². The van der Waals surface area contributed by atoms with Crippen molar-refractivity contribution in [2.24, 2.45) is 4.99 Å². The molecule has 2 heterocycles. The van der Waals surface area contributed by atoms with Crippen LogP contribution in [0.1, 0.15) is 49.9 Å². The number of aromatic nitrogens is 1. The van der Waals surface area contributed by atoms with Crippen LogP contribution in [0.25, 0.3) is 10.2 Å². The van der Waals surface area contributed by atoms with Crippen molar-refractivity contribution in [2.75, 3.05) is 26.3 Å². The van der Waals surface area contributed by atoms with Crippen LogP contribution in [0.15, 0.2) is 52.4 Å². The Morgan fingerprint density at radius 1 is 0.973 bits per heavy atom. The Morgan fingerprint density at radius 3 is 2.32 bits per heavy atom. The maximum Gasteiger partial charge on any atom is 0.326 e. The van der Waals surface area contributed by atoms with Crippen molar-refractivity contribution in [3.63, 3.8) is 0 Å². The standard InChI is InChI=1S/C26H31N3O6S2/c1-3-34-21-10-9-11-22-24(21)29(18-23(30)35-4-2)26(36-22)27-25(31)19-12-14-20(15-13-19)37(32,33)28-16-7-5-6-8-17-28/h9-15H,3-8,16-18H2,1-2H3. The fraction of sp³-hybridized carbons (Fsp3) is 0.423. The molecule has 0 spiro atoms. The lowest BCUT2D eigenvalue weighted by molar-refractivity contribution is -0.143. The van der Waals surface area contributed by atoms with Gasteiger partial charge in [-0.05, 0) is 63.1 Å². The van der Waals surface area contributed by atoms with Crippen LogP contribution in [0.3, 0.4) is 0 Å². The molecular weight excluding hydrogens is 514 g/mol. The van der Waals surface area contributed by atoms with E-state index in [1.54, 1.807) is 17.6 Å². The molecule has 0 bridgehead atoms. The predicted octanol–water partition coefficient (Wildman–Crippen LogP) is 3.97. The highest BCUT2D eigenvalue weighted by Crippen LogP contribution is 2.28. The van der Waals surface area contributed by atoms with E-state index in [1.807, 2.05) is 19.1 Å². The summed E-state index contributed by atoms with van der Waals surface area (Å²) in [6.45, 7) is 5.15. The van der Waals surface area contributed by atoms with E-state index in [9.17, 15) is 18.0 Å². The molecule has 2 aromatic carbocycles. The molecular formula is C26H31N3O6S2. The second kappa shape index (κ2) is 12.0. The molecule has 4 rings (SSSR count). The number of nitrogens with zero attached hydrogens (tertiary/aromatic N) is 3. The molecule has 1 aliphatic rings. The van der Waals surface area contributed by atoms with Gasteiger partial charge in [-0.25, -0.2) is 8.42 Å². The van der Waals surface area contributed by atoms with Crippen LogP contribution < -0.4 is 9.54 Å². The average Bonchev–Trinajstić information content (AvgIpc) is 3.04. The van der Waals surface area contributed by atoms with Crippen LogP contribution in [0.2, 0.25) is 0 Å². The number of benzene rings is 2. The lowest BCUT2D eigenvalue weighted by Gasteiger charge is -2.19. The molecule has 0 N–H and O–H groups in total. The van der Waals surface area contributed by atoms with Gasteiger partial charge in [0, 0.05) is 18.7 Å². The summed E-state index contributed by atoms with van der Waals surface area (Å²) < 4.78 is 40.9. The number of sulfonamides is 1. The summed E-state index contributed by atoms with van der Waals surface area (Å²) >= 11 is 1.26. The SMILES string of the molecule is CCOC(=O)Cn1c(=NC(=O)c2ccc(S(=O)(=O)N3CCCCCC3)cc2)sc2cccc(OCC)c21. The first-order chi connectivity index (χ1) is 17.8. The average molecular weight is 546 g/mol. The minimum atomic E-state index is -3.62. The molecule has 1 amide bonds. The highest BCUT2D eigenvalue weighted by Gasteiger charge is 2.25. The summed E-state index contributed by atoms with van der Waals surface area (Å²) in [5.41, 5.74) is 0.910. The molecule has 1 aromatic heterocycles. The minimum absolute atomic E-state index is 0.128. The summed E-state index contributed by atoms with van der Waals surface area (Å²) in [7, 11) is -3.62. The quantitative estimate of drug-likeness (QED) is 0.397. The molecule has 1 fully saturated rings. The summed E-state index contributed by atoms with van der Waals surface area (Å²) in [6.07, 6.45) is 3.75. The highest BCUT2D eigenvalue weighted by molar-refractivity contribution is 7.89. The van der Waals surface area contributed by atoms with Gasteiger partial charge in [0.1, 0.15) is 17.8 Å². The first-order valence-electron chi connectivity index (χ1n) is 12.4. The van der Waals surface area contributed by atoms with Gasteiger partial charge in [-0.15, -0.1) is 0 Å². The summed E-state index contributed by atoms with van der Waals surface area (Å²) in [5.74, 6) is -0.413. The zero-order valence-electron chi connectivity index (χ0n) is 21.0. The first-order valence-corrected chi connectivity index (χ1v) is 14.7. The maximum absolute atomic E-state index is 13.1. The van der Waals surface area contributed by atoms with Crippen molar-refractivity contribution in [1.29, 1.82) is 0 Å². The maximum atomic E-state index is 13.1. The molecule has 37 heavy (non-hydrogen) atoms. The van der Waals surface area contributed by atoms with E-state index in [4.69, 9.17) is 9.47 Å². The Hall–Kier alpha value is -3.02. The fourth-order valence-corrected chi connectivity index (χ4v) is 6.85. The molecule has 0 aliphatic carbocycles. The number of hydrogen-bond donors (Lipinski definition) is 0. The molecule has 9 nitrogen and oxygen atoms in total. The summed E-state index contributed by atoms with van der Waals surface area (Å²) in [4.78, 5) is 30.2. The van der Waals surface area contributed by atoms with Gasteiger partial charge in [0.25, 0.3) is 5.91 Å². The number of esters is 1. The predicted molar refractivity (Wildman–Crippen MR) is 141 cm³/mol. The lowest BCUT2D eigenvalue weighted by Crippen LogP contribution is -2.31. The Bertz CT molecular complexity index is 1430. The lowest BCUT2D eigenvalue weighted by atomic mass is 10.2. The van der Waals surface area contributed by atoms with Gasteiger partial charge in [0.05, 0.1) is 22.8 Å². The molecule has 198 valence electrons. The van der Waals surface area contributed by atoms with E-state index in [0.717, 1.165) is 30.4 Å². The number of amides is 1. The molecule has 1 saturated heterocycles. The van der Waals surface area contributed by atoms with E-state index in [1.165, 1.54) is 39.9 Å². The molecule has 0 radical (unpaired) electrons. The van der Waals surface area contributed by atoms with Crippen molar-refractivity contribution >= 4 is 43.5 Å². The van der Waals surface area contributed by atoms with Crippen LogP contribution in [0, 0.1) is 0 Å². The molecule has 0 saturated carbocycles. The van der Waals surface area contributed by atoms with Gasteiger partial charge in [0.2, 0.25) is 10.0 Å². The number of fused-ring (bicyclic) bond motifs is 1. The number of rotatable bonds is 8. The topological polar surface area (TPSA) is 107 Å². The van der Waals surface area contributed by atoms with Gasteiger partial charge >= 0.3 is 5.97 Å². The zero-order valence-corrected chi connectivity index (χ0v) is 22.6. The largest absolute Gasteiger partial charge is 0.492 e. The number of para-hydroxylation sites is 1. The Balaban J connectivity index is 1.68. The molecule has 0 unspecified atom stereocenters. The smallest absolute Gasteiger partial charge is 0.326 e. The zero-order chi connectivity index (χ0) is 26.4. The van der Waals surface area contributed by atoms with Gasteiger partial charge < -0.3 is 14.0 Å². The van der Waals surface area contributed by atoms with Gasteiger partial charge in [0.15, 0.2) is 4.80 Å². The van der Waals surface area contributed by atoms with Gasteiger partial charge in [-0.1, -0.05) is 30.2 Å². The van der Waals surface area contributed by atoms with Crippen LogP contribution in [-0.2, 0) is 26.1 Å². The molecule has 3 aromatic rings. The number of carbonyl (C=O) groups is 2. The number of carbonyl (C=O) groups excluding carboxylic acids is 2. The van der Waals surface area contributed by atoms with E-state index >= 15 is 0 Å². The third-order valence-electron chi connectivity index (χ3n) is 6.06. The third kappa shape index (κ3) is 6.11. The van der Waals surface area contributed by atoms with Crippen molar-refractivity contribution in [3.05, 3.63) is 52.8 Å². The Kier molecular flexibility index (Phi) is 8.78. The van der Waals surface area contributed by atoms with Gasteiger partial charge in [-0.3, -0.25) is 9.59 Å². The van der Waals surface area contributed by atoms with Crippen LogP contribution in [0.5, 0.6) is 5.75 Å². The second-order valence-electron chi connectivity index (χ2n) is 8.57. The minimum Gasteiger partial charge on any atom is -0.492 e. The van der Waals surface area contributed by atoms with Crippen molar-refractivity contribution < 1.29 is 27.5 Å². The molecule has 11 heteroatoms. The number of thiazole rings is 1. The molecule has 1 aliphatic heterocycles. The van der Waals surface area contributed by atoms with E-state index in [-0.39, 0.29) is 23.6 Å². The second-order valence-corrected chi connectivity index (χ2v) is 11.5. The van der Waals surface area contributed by atoms with Crippen molar-refractivity contribution in [2.45, 2.75) is 51.0 Å². The van der Waals surface area contributed by atoms with Crippen LogP contribution in [-0.4, -0.2) is 55.5 Å². The van der Waals surface area contributed by atoms with E-state index in [2.05, 4.69) is 4.99 Å². The van der Waals surface area contributed by atoms with Gasteiger partial charge in [-0.2, -0.15) is 9.30 Å². The van der Waals surface area contributed by atoms with Crippen LogP contribution >= 0.6 is 11.3 Å². The van der Waals surface area contributed by atoms with E-state index in [0.29, 0.717) is 35.8 Å². The molecule has 0 atom stereocenters. The third-order valence-corrected chi connectivity index (χ3v) is 9.01.